The molecule has 0 unspecified atom stereocenters. The molecule has 0 aliphatic heterocycles. The second kappa shape index (κ2) is 6.45. The molecule has 0 bridgehead atoms. The average molecular weight is 309 g/mol. The summed E-state index contributed by atoms with van der Waals surface area (Å²) in [4.78, 5) is 11.9. The van der Waals surface area contributed by atoms with Gasteiger partial charge < -0.3 is 15.4 Å². The molecule has 6 heteroatoms. The highest BCUT2D eigenvalue weighted by Gasteiger charge is 2.11. The number of methoxy groups -OCH3 is 1. The number of nitrogens with one attached hydrogen (secondary N) is 2. The second-order valence-electron chi connectivity index (χ2n) is 4.36. The molecule has 2 amide bonds. The summed E-state index contributed by atoms with van der Waals surface area (Å²) in [6.45, 7) is 1.81. The van der Waals surface area contributed by atoms with Crippen molar-refractivity contribution in [3.8, 4) is 5.75 Å². The van der Waals surface area contributed by atoms with E-state index in [-0.39, 0.29) is 5.69 Å². The highest BCUT2D eigenvalue weighted by atomic mass is 35.5. The Morgan fingerprint density at radius 1 is 1.19 bits per heavy atom. The number of aryl methyl sites for hydroxylation is 1. The van der Waals surface area contributed by atoms with Gasteiger partial charge in [0, 0.05) is 11.1 Å². The van der Waals surface area contributed by atoms with E-state index in [4.69, 9.17) is 16.3 Å². The third-order valence-electron chi connectivity index (χ3n) is 2.85. The predicted octanol–water partition coefficient (Wildman–Crippen LogP) is 4.44. The van der Waals surface area contributed by atoms with Crippen LogP contribution in [0.5, 0.6) is 5.75 Å². The first-order valence-electron chi connectivity index (χ1n) is 6.18. The van der Waals surface area contributed by atoms with Crippen molar-refractivity contribution in [1.82, 2.24) is 0 Å². The minimum atomic E-state index is -0.569. The van der Waals surface area contributed by atoms with Gasteiger partial charge in [-0.05, 0) is 30.7 Å². The molecule has 0 heterocycles. The van der Waals surface area contributed by atoms with Gasteiger partial charge in [-0.15, -0.1) is 0 Å². The lowest BCUT2D eigenvalue weighted by Gasteiger charge is -2.13. The molecule has 2 aromatic rings. The van der Waals surface area contributed by atoms with E-state index in [9.17, 15) is 9.18 Å². The van der Waals surface area contributed by atoms with Crippen LogP contribution >= 0.6 is 11.6 Å². The Balaban J connectivity index is 2.17. The smallest absolute Gasteiger partial charge is 0.323 e. The molecule has 2 rings (SSSR count). The van der Waals surface area contributed by atoms with Crippen molar-refractivity contribution < 1.29 is 13.9 Å². The summed E-state index contributed by atoms with van der Waals surface area (Å²) < 4.78 is 18.6. The predicted molar refractivity (Wildman–Crippen MR) is 81.8 cm³/mol. The van der Waals surface area contributed by atoms with Crippen molar-refractivity contribution >= 4 is 29.0 Å². The van der Waals surface area contributed by atoms with Crippen molar-refractivity contribution in [2.75, 3.05) is 17.7 Å². The summed E-state index contributed by atoms with van der Waals surface area (Å²) in [5.74, 6) is -0.0822. The van der Waals surface area contributed by atoms with Crippen LogP contribution in [0, 0.1) is 12.7 Å². The van der Waals surface area contributed by atoms with Crippen molar-refractivity contribution in [1.29, 1.82) is 0 Å². The van der Waals surface area contributed by atoms with Crippen molar-refractivity contribution in [2.24, 2.45) is 0 Å². The Labute approximate surface area is 126 Å². The molecular formula is C15H14ClFN2O2. The monoisotopic (exact) mass is 308 g/mol. The van der Waals surface area contributed by atoms with Crippen LogP contribution in [-0.4, -0.2) is 13.1 Å². The first kappa shape index (κ1) is 15.1. The average Bonchev–Trinajstić information content (AvgIpc) is 2.45. The van der Waals surface area contributed by atoms with Crippen molar-refractivity contribution in [3.05, 3.63) is 52.8 Å². The van der Waals surface area contributed by atoms with Gasteiger partial charge >= 0.3 is 6.03 Å². The van der Waals surface area contributed by atoms with E-state index in [1.807, 2.05) is 6.92 Å². The second-order valence-corrected chi connectivity index (χ2v) is 4.77. The molecule has 0 spiro atoms. The summed E-state index contributed by atoms with van der Waals surface area (Å²) in [5.41, 5.74) is 1.34. The zero-order chi connectivity index (χ0) is 15.4. The number of amides is 2. The molecule has 0 atom stereocenters. The van der Waals surface area contributed by atoms with Gasteiger partial charge in [0.2, 0.25) is 0 Å². The Morgan fingerprint density at radius 2 is 1.86 bits per heavy atom. The third kappa shape index (κ3) is 3.64. The summed E-state index contributed by atoms with van der Waals surface area (Å²) in [6, 6.07) is 8.63. The van der Waals surface area contributed by atoms with E-state index in [0.717, 1.165) is 5.56 Å². The van der Waals surface area contributed by atoms with E-state index in [1.54, 1.807) is 24.3 Å². The summed E-state index contributed by atoms with van der Waals surface area (Å²) >= 11 is 5.99. The third-order valence-corrected chi connectivity index (χ3v) is 3.26. The summed E-state index contributed by atoms with van der Waals surface area (Å²) in [5, 5.41) is 5.57. The normalized spacial score (nSPS) is 10.1. The standard InChI is InChI=1S/C15H14ClFN2O2/c1-9-7-13(14(21-2)8-10(9)16)19-15(20)18-12-6-4-3-5-11(12)17/h3-8H,1-2H3,(H2,18,19,20). The number of hydrogen-bond acceptors (Lipinski definition) is 2. The largest absolute Gasteiger partial charge is 0.495 e. The first-order valence-corrected chi connectivity index (χ1v) is 6.55. The Morgan fingerprint density at radius 3 is 2.52 bits per heavy atom. The molecule has 0 radical (unpaired) electrons. The van der Waals surface area contributed by atoms with Crippen LogP contribution in [0.25, 0.3) is 0 Å². The van der Waals surface area contributed by atoms with Gasteiger partial charge in [0.25, 0.3) is 0 Å². The van der Waals surface area contributed by atoms with Crippen molar-refractivity contribution in [3.63, 3.8) is 0 Å². The molecule has 110 valence electrons. The minimum Gasteiger partial charge on any atom is -0.495 e. The molecular weight excluding hydrogens is 295 g/mol. The van der Waals surface area contributed by atoms with Gasteiger partial charge in [0.05, 0.1) is 18.5 Å². The number of carbonyl (C=O) groups excluding carboxylic acids is 1. The SMILES string of the molecule is COc1cc(Cl)c(C)cc1NC(=O)Nc1ccccc1F. The van der Waals surface area contributed by atoms with Crippen LogP contribution in [0.15, 0.2) is 36.4 Å². The molecule has 0 aliphatic carbocycles. The van der Waals surface area contributed by atoms with Gasteiger partial charge in [-0.1, -0.05) is 23.7 Å². The Bertz CT molecular complexity index is 677. The topological polar surface area (TPSA) is 50.4 Å². The summed E-state index contributed by atoms with van der Waals surface area (Å²) in [7, 11) is 1.47. The van der Waals surface area contributed by atoms with E-state index in [2.05, 4.69) is 10.6 Å². The fourth-order valence-electron chi connectivity index (χ4n) is 1.77. The van der Waals surface area contributed by atoms with Gasteiger partial charge in [0.15, 0.2) is 0 Å². The van der Waals surface area contributed by atoms with E-state index in [0.29, 0.717) is 16.5 Å². The summed E-state index contributed by atoms with van der Waals surface area (Å²) in [6.07, 6.45) is 0. The van der Waals surface area contributed by atoms with Gasteiger partial charge in [-0.3, -0.25) is 0 Å². The number of hydrogen-bond donors (Lipinski definition) is 2. The number of carbonyl (C=O) groups is 1. The molecule has 21 heavy (non-hydrogen) atoms. The minimum absolute atomic E-state index is 0.0969. The van der Waals surface area contributed by atoms with Gasteiger partial charge in [-0.25, -0.2) is 9.18 Å². The zero-order valence-corrected chi connectivity index (χ0v) is 12.3. The fourth-order valence-corrected chi connectivity index (χ4v) is 1.92. The number of para-hydroxylation sites is 1. The zero-order valence-electron chi connectivity index (χ0n) is 11.5. The van der Waals surface area contributed by atoms with Crippen molar-refractivity contribution in [2.45, 2.75) is 6.92 Å². The highest BCUT2D eigenvalue weighted by molar-refractivity contribution is 6.31. The number of halogens is 2. The van der Waals surface area contributed by atoms with Crippen LogP contribution in [-0.2, 0) is 0 Å². The number of rotatable bonds is 3. The van der Waals surface area contributed by atoms with E-state index in [1.165, 1.54) is 19.2 Å². The molecule has 2 N–H and O–H groups in total. The van der Waals surface area contributed by atoms with Crippen LogP contribution in [0.3, 0.4) is 0 Å². The number of ether oxygens (including phenoxy) is 1. The maximum absolute atomic E-state index is 13.5. The first-order chi connectivity index (χ1) is 10.0. The van der Waals surface area contributed by atoms with E-state index < -0.39 is 11.8 Å². The molecule has 0 saturated carbocycles. The van der Waals surface area contributed by atoms with Gasteiger partial charge in [0.1, 0.15) is 11.6 Å². The Kier molecular flexibility index (Phi) is 4.65. The molecule has 0 aromatic heterocycles. The van der Waals surface area contributed by atoms with Gasteiger partial charge in [-0.2, -0.15) is 0 Å². The number of anilines is 2. The van der Waals surface area contributed by atoms with Crippen LogP contribution < -0.4 is 15.4 Å². The van der Waals surface area contributed by atoms with E-state index >= 15 is 0 Å². The quantitative estimate of drug-likeness (QED) is 0.880. The number of urea groups is 1. The molecule has 4 nitrogen and oxygen atoms in total. The number of benzene rings is 2. The Hall–Kier alpha value is -2.27. The molecule has 0 saturated heterocycles. The van der Waals surface area contributed by atoms with Crippen LogP contribution in [0.2, 0.25) is 5.02 Å². The molecule has 0 aliphatic rings. The molecule has 0 fully saturated rings. The fraction of sp³-hybridized carbons (Fsp3) is 0.133. The maximum atomic E-state index is 13.5. The lowest BCUT2D eigenvalue weighted by molar-refractivity contribution is 0.262. The van der Waals surface area contributed by atoms with Crippen LogP contribution in [0.4, 0.5) is 20.6 Å². The van der Waals surface area contributed by atoms with Crippen LogP contribution in [0.1, 0.15) is 5.56 Å². The lowest BCUT2D eigenvalue weighted by atomic mass is 10.2. The lowest BCUT2D eigenvalue weighted by Crippen LogP contribution is -2.20. The maximum Gasteiger partial charge on any atom is 0.323 e. The highest BCUT2D eigenvalue weighted by Crippen LogP contribution is 2.31. The molecule has 2 aromatic carbocycles.